The maximum atomic E-state index is 12.1. The predicted octanol–water partition coefficient (Wildman–Crippen LogP) is 3.40. The molecule has 0 atom stereocenters. The Morgan fingerprint density at radius 1 is 1.30 bits per heavy atom. The summed E-state index contributed by atoms with van der Waals surface area (Å²) in [4.78, 5) is 18.2. The molecule has 116 valence electrons. The van der Waals surface area contributed by atoms with Gasteiger partial charge in [0.15, 0.2) is 10.8 Å². The number of amides is 1. The maximum absolute atomic E-state index is 12.1. The molecule has 0 bridgehead atoms. The number of fused-ring (bicyclic) bond motifs is 1. The van der Waals surface area contributed by atoms with Crippen LogP contribution in [0, 0.1) is 0 Å². The number of nitrogens with one attached hydrogen (secondary N) is 1. The molecular formula is C15H12ClN5OS. The highest BCUT2D eigenvalue weighted by molar-refractivity contribution is 7.11. The van der Waals surface area contributed by atoms with Crippen molar-refractivity contribution in [2.75, 3.05) is 16.8 Å². The van der Waals surface area contributed by atoms with Gasteiger partial charge in [-0.3, -0.25) is 4.79 Å². The average molecular weight is 346 g/mol. The average Bonchev–Trinajstić information content (AvgIpc) is 3.23. The third-order valence-corrected chi connectivity index (χ3v) is 4.57. The second kappa shape index (κ2) is 5.68. The van der Waals surface area contributed by atoms with Gasteiger partial charge in [0.1, 0.15) is 5.82 Å². The van der Waals surface area contributed by atoms with Gasteiger partial charge in [0.25, 0.3) is 5.91 Å². The number of carbonyl (C=O) groups is 1. The van der Waals surface area contributed by atoms with Crippen molar-refractivity contribution < 1.29 is 4.79 Å². The summed E-state index contributed by atoms with van der Waals surface area (Å²) >= 11 is 7.37. The van der Waals surface area contributed by atoms with E-state index in [-0.39, 0.29) is 5.91 Å². The van der Waals surface area contributed by atoms with E-state index in [1.54, 1.807) is 11.6 Å². The molecule has 2 aromatic heterocycles. The van der Waals surface area contributed by atoms with Gasteiger partial charge in [0.05, 0.1) is 6.54 Å². The number of carbonyl (C=O) groups excluding carboxylic acids is 1. The molecule has 23 heavy (non-hydrogen) atoms. The van der Waals surface area contributed by atoms with Crippen LogP contribution in [0.25, 0.3) is 0 Å². The first-order valence-electron chi connectivity index (χ1n) is 7.02. The zero-order valence-electron chi connectivity index (χ0n) is 11.9. The van der Waals surface area contributed by atoms with Gasteiger partial charge in [-0.15, -0.1) is 11.3 Å². The third kappa shape index (κ3) is 2.69. The number of halogens is 1. The summed E-state index contributed by atoms with van der Waals surface area (Å²) in [5, 5.41) is 10.1. The number of hydrogen-bond acceptors (Lipinski definition) is 5. The van der Waals surface area contributed by atoms with Crippen LogP contribution in [0.1, 0.15) is 9.80 Å². The third-order valence-electron chi connectivity index (χ3n) is 3.56. The molecule has 0 aliphatic carbocycles. The SMILES string of the molecule is O=C(Nc1cc2n(n1)CCN2c1cccc(Cl)c1)c1nccs1. The van der Waals surface area contributed by atoms with Crippen molar-refractivity contribution in [2.45, 2.75) is 6.54 Å². The lowest BCUT2D eigenvalue weighted by atomic mass is 10.3. The first-order valence-corrected chi connectivity index (χ1v) is 8.28. The monoisotopic (exact) mass is 345 g/mol. The molecule has 6 nitrogen and oxygen atoms in total. The fraction of sp³-hybridized carbons (Fsp3) is 0.133. The molecule has 3 aromatic rings. The number of aromatic nitrogens is 3. The Labute approximate surface area is 141 Å². The van der Waals surface area contributed by atoms with Crippen LogP contribution in [0.4, 0.5) is 17.3 Å². The van der Waals surface area contributed by atoms with E-state index >= 15 is 0 Å². The fourth-order valence-electron chi connectivity index (χ4n) is 2.57. The van der Waals surface area contributed by atoms with Crippen LogP contribution < -0.4 is 10.2 Å². The molecule has 0 saturated carbocycles. The minimum absolute atomic E-state index is 0.244. The lowest BCUT2D eigenvalue weighted by Crippen LogP contribution is -2.14. The van der Waals surface area contributed by atoms with Gasteiger partial charge in [-0.25, -0.2) is 9.67 Å². The number of rotatable bonds is 3. The van der Waals surface area contributed by atoms with E-state index in [1.165, 1.54) is 11.3 Å². The smallest absolute Gasteiger partial charge is 0.285 e. The van der Waals surface area contributed by atoms with E-state index in [4.69, 9.17) is 11.6 Å². The van der Waals surface area contributed by atoms with Crippen molar-refractivity contribution >= 4 is 46.2 Å². The molecule has 1 amide bonds. The summed E-state index contributed by atoms with van der Waals surface area (Å²) in [6, 6.07) is 9.54. The molecule has 8 heteroatoms. The van der Waals surface area contributed by atoms with E-state index in [0.717, 1.165) is 24.6 Å². The molecule has 1 N–H and O–H groups in total. The fourth-order valence-corrected chi connectivity index (χ4v) is 3.28. The molecule has 0 radical (unpaired) electrons. The van der Waals surface area contributed by atoms with Crippen LogP contribution in [0.3, 0.4) is 0 Å². The Hall–Kier alpha value is -2.38. The Morgan fingerprint density at radius 3 is 3.00 bits per heavy atom. The maximum Gasteiger partial charge on any atom is 0.285 e. The summed E-state index contributed by atoms with van der Waals surface area (Å²) in [5.74, 6) is 1.21. The van der Waals surface area contributed by atoms with Gasteiger partial charge in [-0.05, 0) is 18.2 Å². The van der Waals surface area contributed by atoms with Crippen molar-refractivity contribution in [3.05, 3.63) is 51.9 Å². The zero-order chi connectivity index (χ0) is 15.8. The second-order valence-corrected chi connectivity index (χ2v) is 6.36. The quantitative estimate of drug-likeness (QED) is 0.790. The van der Waals surface area contributed by atoms with Gasteiger partial charge in [-0.2, -0.15) is 5.10 Å². The first-order chi connectivity index (χ1) is 11.2. The number of benzene rings is 1. The lowest BCUT2D eigenvalue weighted by molar-refractivity contribution is 0.102. The Bertz CT molecular complexity index is 861. The minimum Gasteiger partial charge on any atom is -0.325 e. The molecule has 4 rings (SSSR count). The highest BCUT2D eigenvalue weighted by Gasteiger charge is 2.24. The standard InChI is InChI=1S/C15H12ClN5OS/c16-10-2-1-3-11(8-10)20-5-6-21-13(20)9-12(19-21)18-14(22)15-17-4-7-23-15/h1-4,7-9H,5-6H2,(H,18,19,22). The van der Waals surface area contributed by atoms with Gasteiger partial charge in [0, 0.05) is 34.9 Å². The largest absolute Gasteiger partial charge is 0.325 e. The molecule has 0 fully saturated rings. The van der Waals surface area contributed by atoms with E-state index in [1.807, 2.05) is 35.0 Å². The number of anilines is 3. The van der Waals surface area contributed by atoms with Gasteiger partial charge < -0.3 is 10.2 Å². The minimum atomic E-state index is -0.244. The van der Waals surface area contributed by atoms with Crippen LogP contribution in [0.5, 0.6) is 0 Å². The van der Waals surface area contributed by atoms with Crippen LogP contribution in [-0.2, 0) is 6.54 Å². The lowest BCUT2D eigenvalue weighted by Gasteiger charge is -2.16. The van der Waals surface area contributed by atoms with Crippen LogP contribution in [0.15, 0.2) is 41.9 Å². The molecule has 1 aliphatic heterocycles. The molecule has 3 heterocycles. The Morgan fingerprint density at radius 2 is 2.22 bits per heavy atom. The predicted molar refractivity (Wildman–Crippen MR) is 90.8 cm³/mol. The first kappa shape index (κ1) is 14.2. The van der Waals surface area contributed by atoms with Crippen molar-refractivity contribution in [3.63, 3.8) is 0 Å². The van der Waals surface area contributed by atoms with Crippen molar-refractivity contribution in [3.8, 4) is 0 Å². The van der Waals surface area contributed by atoms with E-state index in [9.17, 15) is 4.79 Å². The van der Waals surface area contributed by atoms with Crippen LogP contribution >= 0.6 is 22.9 Å². The van der Waals surface area contributed by atoms with E-state index in [0.29, 0.717) is 15.8 Å². The normalized spacial score (nSPS) is 13.2. The van der Waals surface area contributed by atoms with Gasteiger partial charge in [0.2, 0.25) is 0 Å². The van der Waals surface area contributed by atoms with Crippen LogP contribution in [0.2, 0.25) is 5.02 Å². The molecule has 0 saturated heterocycles. The Balaban J connectivity index is 1.58. The van der Waals surface area contributed by atoms with Crippen molar-refractivity contribution in [1.29, 1.82) is 0 Å². The van der Waals surface area contributed by atoms with Crippen molar-refractivity contribution in [1.82, 2.24) is 14.8 Å². The Kier molecular flexibility index (Phi) is 3.51. The molecule has 1 aromatic carbocycles. The van der Waals surface area contributed by atoms with Crippen molar-refractivity contribution in [2.24, 2.45) is 0 Å². The van der Waals surface area contributed by atoms with Gasteiger partial charge in [-0.1, -0.05) is 17.7 Å². The molecule has 0 spiro atoms. The van der Waals surface area contributed by atoms with Gasteiger partial charge >= 0.3 is 0 Å². The second-order valence-electron chi connectivity index (χ2n) is 5.03. The number of thiazole rings is 1. The number of hydrogen-bond donors (Lipinski definition) is 1. The summed E-state index contributed by atoms with van der Waals surface area (Å²) < 4.78 is 1.87. The number of nitrogens with zero attached hydrogens (tertiary/aromatic N) is 4. The summed E-state index contributed by atoms with van der Waals surface area (Å²) in [6.45, 7) is 1.58. The molecule has 1 aliphatic rings. The summed E-state index contributed by atoms with van der Waals surface area (Å²) in [7, 11) is 0. The highest BCUT2D eigenvalue weighted by atomic mass is 35.5. The van der Waals surface area contributed by atoms with E-state index < -0.39 is 0 Å². The van der Waals surface area contributed by atoms with E-state index in [2.05, 4.69) is 20.3 Å². The summed E-state index contributed by atoms with van der Waals surface area (Å²) in [5.41, 5.74) is 1.01. The summed E-state index contributed by atoms with van der Waals surface area (Å²) in [6.07, 6.45) is 1.60. The molecule has 0 unspecified atom stereocenters. The zero-order valence-corrected chi connectivity index (χ0v) is 13.5. The molecular weight excluding hydrogens is 334 g/mol. The topological polar surface area (TPSA) is 63.1 Å². The highest BCUT2D eigenvalue weighted by Crippen LogP contribution is 2.33. The van der Waals surface area contributed by atoms with Crippen LogP contribution in [-0.4, -0.2) is 27.2 Å².